The number of carbonyl (C=O) groups is 3. The van der Waals surface area contributed by atoms with Crippen molar-refractivity contribution in [1.29, 1.82) is 0 Å². The second-order valence-electron chi connectivity index (χ2n) is 22.4. The summed E-state index contributed by atoms with van der Waals surface area (Å²) in [6.45, 7) is 6.49. The minimum Gasteiger partial charge on any atom is -0.462 e. The summed E-state index contributed by atoms with van der Waals surface area (Å²) >= 11 is 0. The summed E-state index contributed by atoms with van der Waals surface area (Å²) in [5.41, 5.74) is 0. The molecule has 0 bridgehead atoms. The maximum atomic E-state index is 12.9. The van der Waals surface area contributed by atoms with E-state index in [0.29, 0.717) is 19.3 Å². The number of esters is 3. The molecular weight excluding hydrogens is 1010 g/mol. The molecule has 0 saturated carbocycles. The molecule has 6 nitrogen and oxygen atoms in total. The molecule has 0 aliphatic rings. The van der Waals surface area contributed by atoms with Crippen LogP contribution in [0.5, 0.6) is 0 Å². The Morgan fingerprint density at radius 2 is 0.476 bits per heavy atom. The van der Waals surface area contributed by atoms with Crippen LogP contribution in [0.1, 0.15) is 310 Å². The molecule has 0 radical (unpaired) electrons. The van der Waals surface area contributed by atoms with Crippen LogP contribution in [0.25, 0.3) is 0 Å². The van der Waals surface area contributed by atoms with Gasteiger partial charge in [0.05, 0.1) is 0 Å². The summed E-state index contributed by atoms with van der Waals surface area (Å²) in [6, 6.07) is 0. The zero-order valence-electron chi connectivity index (χ0n) is 53.5. The van der Waals surface area contributed by atoms with Gasteiger partial charge in [0.2, 0.25) is 0 Å². The fourth-order valence-corrected chi connectivity index (χ4v) is 9.29. The van der Waals surface area contributed by atoms with Gasteiger partial charge in [-0.1, -0.05) is 302 Å². The maximum Gasteiger partial charge on any atom is 0.306 e. The van der Waals surface area contributed by atoms with Crippen molar-refractivity contribution in [3.05, 3.63) is 134 Å². The first-order chi connectivity index (χ1) is 40.5. The molecule has 0 aromatic rings. The topological polar surface area (TPSA) is 78.9 Å². The minimum atomic E-state index is -0.789. The van der Waals surface area contributed by atoms with Gasteiger partial charge in [0.15, 0.2) is 6.10 Å². The van der Waals surface area contributed by atoms with Gasteiger partial charge in [-0.05, 0) is 122 Å². The summed E-state index contributed by atoms with van der Waals surface area (Å²) < 4.78 is 16.9. The summed E-state index contributed by atoms with van der Waals surface area (Å²) in [6.07, 6.45) is 97.6. The second-order valence-corrected chi connectivity index (χ2v) is 22.4. The summed E-state index contributed by atoms with van der Waals surface area (Å²) in [5.74, 6) is -0.897. The molecule has 0 rings (SSSR count). The molecule has 0 spiro atoms. The minimum absolute atomic E-state index is 0.0843. The van der Waals surface area contributed by atoms with Crippen molar-refractivity contribution in [3.63, 3.8) is 0 Å². The molecular formula is C76H126O6. The van der Waals surface area contributed by atoms with Crippen molar-refractivity contribution >= 4 is 17.9 Å². The molecule has 0 aliphatic heterocycles. The fraction of sp³-hybridized carbons (Fsp3) is 0.671. The number of hydrogen-bond acceptors (Lipinski definition) is 6. The van der Waals surface area contributed by atoms with E-state index in [9.17, 15) is 14.4 Å². The number of allylic oxidation sites excluding steroid dienone is 22. The van der Waals surface area contributed by atoms with Crippen LogP contribution >= 0.6 is 0 Å². The Kier molecular flexibility index (Phi) is 65.3. The summed E-state index contributed by atoms with van der Waals surface area (Å²) in [5, 5.41) is 0. The van der Waals surface area contributed by atoms with Crippen LogP contribution in [0.4, 0.5) is 0 Å². The van der Waals surface area contributed by atoms with Gasteiger partial charge in [0.25, 0.3) is 0 Å². The van der Waals surface area contributed by atoms with Gasteiger partial charge >= 0.3 is 17.9 Å². The van der Waals surface area contributed by atoms with Crippen LogP contribution in [-0.2, 0) is 28.6 Å². The molecule has 0 aromatic heterocycles. The Labute approximate surface area is 506 Å². The van der Waals surface area contributed by atoms with E-state index < -0.39 is 6.10 Å². The van der Waals surface area contributed by atoms with Gasteiger partial charge in [-0.2, -0.15) is 0 Å². The molecule has 0 aromatic carbocycles. The third kappa shape index (κ3) is 66.4. The van der Waals surface area contributed by atoms with E-state index in [-0.39, 0.29) is 31.1 Å². The van der Waals surface area contributed by atoms with Gasteiger partial charge in [-0.15, -0.1) is 0 Å². The molecule has 1 unspecified atom stereocenters. The van der Waals surface area contributed by atoms with Gasteiger partial charge < -0.3 is 14.2 Å². The molecule has 0 N–H and O–H groups in total. The van der Waals surface area contributed by atoms with E-state index in [1.54, 1.807) is 0 Å². The second kappa shape index (κ2) is 69.0. The number of ether oxygens (including phenoxy) is 3. The van der Waals surface area contributed by atoms with E-state index >= 15 is 0 Å². The van der Waals surface area contributed by atoms with E-state index in [2.05, 4.69) is 154 Å². The lowest BCUT2D eigenvalue weighted by molar-refractivity contribution is -0.167. The van der Waals surface area contributed by atoms with Crippen molar-refractivity contribution in [3.8, 4) is 0 Å². The van der Waals surface area contributed by atoms with Crippen molar-refractivity contribution < 1.29 is 28.6 Å². The lowest BCUT2D eigenvalue weighted by Crippen LogP contribution is -2.30. The van der Waals surface area contributed by atoms with Crippen LogP contribution in [0, 0.1) is 0 Å². The largest absolute Gasteiger partial charge is 0.462 e. The van der Waals surface area contributed by atoms with E-state index in [0.717, 1.165) is 135 Å². The third-order valence-corrected chi connectivity index (χ3v) is 14.4. The molecule has 0 aliphatic carbocycles. The maximum absolute atomic E-state index is 12.9. The van der Waals surface area contributed by atoms with E-state index in [1.807, 2.05) is 0 Å². The molecule has 1 atom stereocenters. The Bertz CT molecular complexity index is 1730. The van der Waals surface area contributed by atoms with Gasteiger partial charge in [-0.3, -0.25) is 14.4 Å². The van der Waals surface area contributed by atoms with Gasteiger partial charge in [0.1, 0.15) is 13.2 Å². The summed E-state index contributed by atoms with van der Waals surface area (Å²) in [4.78, 5) is 38.3. The predicted octanol–water partition coefficient (Wildman–Crippen LogP) is 23.7. The van der Waals surface area contributed by atoms with Crippen LogP contribution in [-0.4, -0.2) is 37.2 Å². The molecule has 6 heteroatoms. The Morgan fingerprint density at radius 3 is 0.768 bits per heavy atom. The first-order valence-electron chi connectivity index (χ1n) is 34.2. The van der Waals surface area contributed by atoms with Crippen LogP contribution in [0.2, 0.25) is 0 Å². The highest BCUT2D eigenvalue weighted by Gasteiger charge is 2.19. The highest BCUT2D eigenvalue weighted by atomic mass is 16.6. The summed E-state index contributed by atoms with van der Waals surface area (Å²) in [7, 11) is 0. The van der Waals surface area contributed by atoms with Crippen LogP contribution in [0.3, 0.4) is 0 Å². The van der Waals surface area contributed by atoms with Crippen molar-refractivity contribution in [2.75, 3.05) is 13.2 Å². The zero-order valence-corrected chi connectivity index (χ0v) is 53.5. The third-order valence-electron chi connectivity index (χ3n) is 14.4. The van der Waals surface area contributed by atoms with Gasteiger partial charge in [-0.25, -0.2) is 0 Å². The Balaban J connectivity index is 4.21. The Hall–Kier alpha value is -4.45. The van der Waals surface area contributed by atoms with Crippen molar-refractivity contribution in [2.45, 2.75) is 316 Å². The van der Waals surface area contributed by atoms with Crippen LogP contribution in [0.15, 0.2) is 134 Å². The normalized spacial score (nSPS) is 13.0. The molecule has 0 amide bonds. The molecule has 0 heterocycles. The Morgan fingerprint density at radius 1 is 0.256 bits per heavy atom. The average Bonchev–Trinajstić information content (AvgIpc) is 3.48. The highest BCUT2D eigenvalue weighted by Crippen LogP contribution is 2.16. The first kappa shape index (κ1) is 77.5. The zero-order chi connectivity index (χ0) is 59.2. The van der Waals surface area contributed by atoms with Crippen molar-refractivity contribution in [1.82, 2.24) is 0 Å². The molecule has 0 saturated heterocycles. The SMILES string of the molecule is CC/C=C\C/C=C\C/C=C\C/C=C\C/C=C\C/C=C\C/C=C\C/C=C\CCCCCCCCCCCCC(=O)OCC(COC(=O)CCCCCCCCCCCC)OC(=O)CCCCCCCC/C=C\C/C=C\C/C=C\CCCCC. The fourth-order valence-electron chi connectivity index (χ4n) is 9.29. The monoisotopic (exact) mass is 1130 g/mol. The van der Waals surface area contributed by atoms with Gasteiger partial charge in [0, 0.05) is 19.3 Å². The number of hydrogen-bond donors (Lipinski definition) is 0. The lowest BCUT2D eigenvalue weighted by atomic mass is 10.1. The number of unbranched alkanes of at least 4 members (excludes halogenated alkanes) is 28. The molecule has 0 fully saturated rings. The smallest absolute Gasteiger partial charge is 0.306 e. The molecule has 82 heavy (non-hydrogen) atoms. The van der Waals surface area contributed by atoms with Crippen LogP contribution < -0.4 is 0 Å². The lowest BCUT2D eigenvalue weighted by Gasteiger charge is -2.18. The molecule has 466 valence electrons. The first-order valence-corrected chi connectivity index (χ1v) is 34.2. The van der Waals surface area contributed by atoms with Crippen molar-refractivity contribution in [2.24, 2.45) is 0 Å². The van der Waals surface area contributed by atoms with E-state index in [4.69, 9.17) is 14.2 Å². The number of rotatable bonds is 61. The predicted molar refractivity (Wildman–Crippen MR) is 357 cm³/mol. The quantitative estimate of drug-likeness (QED) is 0.0261. The standard InChI is InChI=1S/C76H126O6/c1-4-7-10-13-16-19-22-24-26-28-30-31-32-33-34-35-36-37-38-39-40-41-42-43-44-45-47-48-50-52-54-57-60-63-66-69-75(78)81-72-73(71-80-74(77)68-65-62-59-56-21-18-15-12-9-6-3)82-76(79)70-67-64-61-58-55-53-51-49-46-29-27-25-23-20-17-14-11-8-5-2/h7,10,16-17,19-20,24-27,30-31,33-34,36-37,39-40,42-43,46,49,73H,4-6,8-9,11-15,18,21-23,28-29,32,35,38,41,44-45,47-48,50-72H2,1-3H3/b10-7-,19-16-,20-17-,26-24-,27-25-,31-30-,34-33-,37-36-,40-39-,43-42-,49-46-. The number of carbonyl (C=O) groups excluding carboxylic acids is 3. The highest BCUT2D eigenvalue weighted by molar-refractivity contribution is 5.71. The van der Waals surface area contributed by atoms with E-state index in [1.165, 1.54) is 135 Å². The average molecular weight is 1140 g/mol.